The van der Waals surface area contributed by atoms with E-state index in [2.05, 4.69) is 4.99 Å². The molecule has 0 saturated carbocycles. The Morgan fingerprint density at radius 3 is 2.74 bits per heavy atom. The molecule has 1 N–H and O–H groups in total. The van der Waals surface area contributed by atoms with Crippen LogP contribution in [0.4, 0.5) is 5.69 Å². The fourth-order valence-electron chi connectivity index (χ4n) is 3.54. The van der Waals surface area contributed by atoms with Crippen LogP contribution in [-0.2, 0) is 17.6 Å². The number of hydrogen-bond donors (Lipinski definition) is 1. The highest BCUT2D eigenvalue weighted by molar-refractivity contribution is 6.03. The molecule has 0 unspecified atom stereocenters. The number of aliphatic imine (C=N–C) groups is 1. The van der Waals surface area contributed by atoms with Crippen LogP contribution in [0.15, 0.2) is 45.8 Å². The second-order valence-corrected chi connectivity index (χ2v) is 6.61. The molecule has 0 spiro atoms. The Kier molecular flexibility index (Phi) is 4.67. The van der Waals surface area contributed by atoms with Crippen LogP contribution in [0.5, 0.6) is 5.75 Å². The monoisotopic (exact) mass is 363 g/mol. The minimum absolute atomic E-state index is 0.184. The van der Waals surface area contributed by atoms with Gasteiger partial charge in [0.05, 0.1) is 17.9 Å². The summed E-state index contributed by atoms with van der Waals surface area (Å²) >= 11 is 0. The van der Waals surface area contributed by atoms with Gasteiger partial charge in [-0.3, -0.25) is 4.99 Å². The summed E-state index contributed by atoms with van der Waals surface area (Å²) in [5, 5.41) is 11.3. The van der Waals surface area contributed by atoms with Crippen molar-refractivity contribution in [3.8, 4) is 5.75 Å². The van der Waals surface area contributed by atoms with Gasteiger partial charge < -0.3 is 14.3 Å². The van der Waals surface area contributed by atoms with E-state index in [4.69, 9.17) is 9.15 Å². The summed E-state index contributed by atoms with van der Waals surface area (Å²) in [6.07, 6.45) is 5.83. The number of carbonyl (C=O) groups is 1. The van der Waals surface area contributed by atoms with Gasteiger partial charge in [-0.1, -0.05) is 0 Å². The maximum atomic E-state index is 11.7. The van der Waals surface area contributed by atoms with Gasteiger partial charge in [-0.25, -0.2) is 4.79 Å². The number of fused-ring (bicyclic) bond motifs is 3. The highest BCUT2D eigenvalue weighted by Gasteiger charge is 2.21. The molecule has 0 fully saturated rings. The molecule has 1 aliphatic carbocycles. The summed E-state index contributed by atoms with van der Waals surface area (Å²) in [6, 6.07) is 10.3. The Bertz CT molecular complexity index is 1010. The van der Waals surface area contributed by atoms with Gasteiger partial charge in [0.2, 0.25) is 0 Å². The number of aromatic hydroxyl groups is 1. The van der Waals surface area contributed by atoms with Crippen molar-refractivity contribution >= 4 is 28.8 Å². The van der Waals surface area contributed by atoms with Gasteiger partial charge in [0.25, 0.3) is 0 Å². The zero-order valence-electron chi connectivity index (χ0n) is 15.2. The summed E-state index contributed by atoms with van der Waals surface area (Å²) < 4.78 is 11.0. The number of hydrogen-bond acceptors (Lipinski definition) is 5. The second kappa shape index (κ2) is 7.27. The Balaban J connectivity index is 1.68. The summed E-state index contributed by atoms with van der Waals surface area (Å²) in [7, 11) is 0. The molecule has 0 aliphatic heterocycles. The molecular weight excluding hydrogens is 342 g/mol. The number of phenolic OH excluding ortho intramolecular Hbond substituents is 1. The van der Waals surface area contributed by atoms with E-state index in [1.807, 2.05) is 6.07 Å². The Morgan fingerprint density at radius 1 is 1.19 bits per heavy atom. The highest BCUT2D eigenvalue weighted by Crippen LogP contribution is 2.36. The molecule has 5 nitrogen and oxygen atoms in total. The lowest BCUT2D eigenvalue weighted by Crippen LogP contribution is -2.03. The third-order valence-electron chi connectivity index (χ3n) is 4.86. The number of esters is 1. The molecule has 4 rings (SSSR count). The van der Waals surface area contributed by atoms with Crippen molar-refractivity contribution in [2.24, 2.45) is 4.99 Å². The highest BCUT2D eigenvalue weighted by atomic mass is 16.5. The number of phenols is 1. The van der Waals surface area contributed by atoms with E-state index < -0.39 is 0 Å². The Morgan fingerprint density at radius 2 is 1.96 bits per heavy atom. The van der Waals surface area contributed by atoms with Crippen LogP contribution >= 0.6 is 0 Å². The van der Waals surface area contributed by atoms with Crippen molar-refractivity contribution in [1.29, 1.82) is 0 Å². The molecule has 138 valence electrons. The summed E-state index contributed by atoms with van der Waals surface area (Å²) in [5.41, 5.74) is 3.83. The van der Waals surface area contributed by atoms with Gasteiger partial charge in [-0.15, -0.1) is 0 Å². The lowest BCUT2D eigenvalue weighted by atomic mass is 9.94. The largest absolute Gasteiger partial charge is 0.507 e. The lowest BCUT2D eigenvalue weighted by molar-refractivity contribution is 0.0526. The van der Waals surface area contributed by atoms with Crippen molar-refractivity contribution in [3.05, 3.63) is 58.8 Å². The minimum atomic E-state index is -0.347. The number of ether oxygens (including phenoxy) is 1. The van der Waals surface area contributed by atoms with Crippen molar-refractivity contribution in [3.63, 3.8) is 0 Å². The van der Waals surface area contributed by atoms with Crippen LogP contribution in [0.1, 0.15) is 47.0 Å². The van der Waals surface area contributed by atoms with Crippen LogP contribution in [-0.4, -0.2) is 23.9 Å². The van der Waals surface area contributed by atoms with Crippen LogP contribution in [0.2, 0.25) is 0 Å². The smallest absolute Gasteiger partial charge is 0.338 e. The molecule has 27 heavy (non-hydrogen) atoms. The maximum Gasteiger partial charge on any atom is 0.338 e. The van der Waals surface area contributed by atoms with Crippen molar-refractivity contribution in [1.82, 2.24) is 0 Å². The fraction of sp³-hybridized carbons (Fsp3) is 0.273. The molecule has 0 saturated heterocycles. The average molecular weight is 363 g/mol. The summed E-state index contributed by atoms with van der Waals surface area (Å²) in [5.74, 6) is 0.860. The first-order chi connectivity index (χ1) is 13.2. The fourth-order valence-corrected chi connectivity index (χ4v) is 3.54. The number of carbonyl (C=O) groups excluding carboxylic acids is 1. The van der Waals surface area contributed by atoms with Gasteiger partial charge in [0, 0.05) is 29.1 Å². The Hall–Kier alpha value is -3.08. The van der Waals surface area contributed by atoms with Gasteiger partial charge in [0.15, 0.2) is 0 Å². The Labute approximate surface area is 157 Å². The van der Waals surface area contributed by atoms with Crippen molar-refractivity contribution < 1.29 is 19.1 Å². The first-order valence-corrected chi connectivity index (χ1v) is 9.25. The van der Waals surface area contributed by atoms with E-state index in [1.165, 1.54) is 5.56 Å². The van der Waals surface area contributed by atoms with E-state index in [0.29, 0.717) is 23.4 Å². The second-order valence-electron chi connectivity index (χ2n) is 6.61. The zero-order chi connectivity index (χ0) is 18.8. The van der Waals surface area contributed by atoms with E-state index in [9.17, 15) is 9.90 Å². The predicted molar refractivity (Wildman–Crippen MR) is 104 cm³/mol. The van der Waals surface area contributed by atoms with Crippen LogP contribution < -0.4 is 0 Å². The SMILES string of the molecule is CCOC(=O)c1ccc(N=Cc2c(O)ccc3oc4c(c23)CCCC4)cc1. The third kappa shape index (κ3) is 3.33. The maximum absolute atomic E-state index is 11.7. The number of furan rings is 1. The normalized spacial score (nSPS) is 13.8. The van der Waals surface area contributed by atoms with E-state index >= 15 is 0 Å². The number of nitrogens with zero attached hydrogens (tertiary/aromatic N) is 1. The van der Waals surface area contributed by atoms with Crippen LogP contribution in [0.3, 0.4) is 0 Å². The van der Waals surface area contributed by atoms with Gasteiger partial charge in [-0.05, 0) is 62.6 Å². The van der Waals surface area contributed by atoms with E-state index in [0.717, 1.165) is 42.4 Å². The zero-order valence-corrected chi connectivity index (χ0v) is 15.2. The van der Waals surface area contributed by atoms with E-state index in [-0.39, 0.29) is 11.7 Å². The molecule has 1 aromatic heterocycles. The minimum Gasteiger partial charge on any atom is -0.507 e. The summed E-state index contributed by atoms with van der Waals surface area (Å²) in [4.78, 5) is 16.2. The van der Waals surface area contributed by atoms with E-state index in [1.54, 1.807) is 43.5 Å². The quantitative estimate of drug-likeness (QED) is 0.526. The topological polar surface area (TPSA) is 72.0 Å². The molecule has 3 aromatic rings. The molecule has 0 radical (unpaired) electrons. The standard InChI is InChI=1S/C22H21NO4/c1-2-26-22(25)14-7-9-15(10-8-14)23-13-17-18(24)11-12-20-21(17)16-5-3-4-6-19(16)27-20/h7-13,24H,2-6H2,1H3. The molecule has 1 aliphatic rings. The number of rotatable bonds is 4. The number of benzene rings is 2. The first kappa shape index (κ1) is 17.3. The number of aryl methyl sites for hydroxylation is 2. The van der Waals surface area contributed by atoms with Gasteiger partial charge in [-0.2, -0.15) is 0 Å². The molecule has 5 heteroatoms. The van der Waals surface area contributed by atoms with Crippen LogP contribution in [0.25, 0.3) is 11.0 Å². The molecule has 2 aromatic carbocycles. The molecule has 0 amide bonds. The first-order valence-electron chi connectivity index (χ1n) is 9.25. The van der Waals surface area contributed by atoms with Crippen molar-refractivity contribution in [2.45, 2.75) is 32.6 Å². The van der Waals surface area contributed by atoms with Crippen molar-refractivity contribution in [2.75, 3.05) is 6.61 Å². The molecule has 0 atom stereocenters. The van der Waals surface area contributed by atoms with Gasteiger partial charge >= 0.3 is 5.97 Å². The summed E-state index contributed by atoms with van der Waals surface area (Å²) in [6.45, 7) is 2.12. The van der Waals surface area contributed by atoms with Gasteiger partial charge in [0.1, 0.15) is 17.1 Å². The van der Waals surface area contributed by atoms with Crippen LogP contribution in [0, 0.1) is 0 Å². The third-order valence-corrected chi connectivity index (χ3v) is 4.86. The molecule has 1 heterocycles. The lowest BCUT2D eigenvalue weighted by Gasteiger charge is -2.09. The molecule has 0 bridgehead atoms. The average Bonchev–Trinajstić information content (AvgIpc) is 3.07. The predicted octanol–water partition coefficient (Wildman–Crippen LogP) is 4.94. The molecular formula is C22H21NO4.